The fourth-order valence-electron chi connectivity index (χ4n) is 10.5. The first kappa shape index (κ1) is 54.7. The maximum absolute atomic E-state index is 12.9. The van der Waals surface area contributed by atoms with Crippen LogP contribution in [-0.2, 0) is 9.59 Å². The van der Waals surface area contributed by atoms with Crippen molar-refractivity contribution in [2.24, 2.45) is 0 Å². The Morgan fingerprint density at radius 3 is 1.34 bits per heavy atom. The number of anilines is 4. The molecule has 8 aromatic rings. The van der Waals surface area contributed by atoms with Crippen LogP contribution in [-0.4, -0.2) is 158 Å². The molecule has 22 heteroatoms. The Bertz CT molecular complexity index is 3490. The van der Waals surface area contributed by atoms with Gasteiger partial charge in [-0.25, -0.2) is 39.3 Å². The van der Waals surface area contributed by atoms with Crippen LogP contribution in [0.2, 0.25) is 0 Å². The SMILES string of the molecule is Cc1ccnc(NC(=O)c2ccc(-c3nn([C@@H]4CCN(C(=O)/C=C/CN(C)C5CC5)C4)c4ncnc(N)c34)cc2)c1.Cc1ccnc(NC(=O)c2ccc(-c3nn([C@@H]4CCN(C(=O)/C=C/CN(C)C5CC5)C4)c4ncnc(N)c34)cc2)c1. The summed E-state index contributed by atoms with van der Waals surface area (Å²) in [6.45, 7) is 7.80. The molecule has 2 aromatic carbocycles. The van der Waals surface area contributed by atoms with Crippen molar-refractivity contribution in [3.05, 3.63) is 144 Å². The predicted molar refractivity (Wildman–Crippen MR) is 314 cm³/mol. The van der Waals surface area contributed by atoms with E-state index in [1.807, 2.05) is 93.7 Å². The van der Waals surface area contributed by atoms with E-state index in [4.69, 9.17) is 21.7 Å². The third-order valence-corrected chi connectivity index (χ3v) is 15.5. The number of aryl methyl sites for hydroxylation is 2. The molecule has 2 saturated heterocycles. The number of fused-ring (bicyclic) bond motifs is 2. The number of carbonyl (C=O) groups excluding carboxylic acids is 4. The van der Waals surface area contributed by atoms with Crippen LogP contribution in [0.15, 0.2) is 122 Å². The molecule has 2 aliphatic heterocycles. The molecule has 8 heterocycles. The van der Waals surface area contributed by atoms with Crippen LogP contribution >= 0.6 is 0 Å². The van der Waals surface area contributed by atoms with Crippen LogP contribution < -0.4 is 22.1 Å². The molecular formula is C60H66N18O4. The van der Waals surface area contributed by atoms with Gasteiger partial charge in [-0.2, -0.15) is 10.2 Å². The highest BCUT2D eigenvalue weighted by molar-refractivity contribution is 6.06. The summed E-state index contributed by atoms with van der Waals surface area (Å²) in [6.07, 6.45) is 19.9. The molecule has 2 saturated carbocycles. The molecule has 0 unspecified atom stereocenters. The highest BCUT2D eigenvalue weighted by atomic mass is 16.2. The molecule has 22 nitrogen and oxygen atoms in total. The first-order valence-electron chi connectivity index (χ1n) is 27.7. The van der Waals surface area contributed by atoms with E-state index in [1.165, 1.54) is 38.3 Å². The maximum Gasteiger partial charge on any atom is 0.256 e. The van der Waals surface area contributed by atoms with Crippen LogP contribution in [0.3, 0.4) is 0 Å². The van der Waals surface area contributed by atoms with E-state index in [1.54, 1.807) is 48.8 Å². The Hall–Kier alpha value is -9.28. The number of benzene rings is 2. The van der Waals surface area contributed by atoms with Gasteiger partial charge in [0, 0.05) is 98.2 Å². The zero-order valence-corrected chi connectivity index (χ0v) is 46.4. The lowest BCUT2D eigenvalue weighted by atomic mass is 10.1. The summed E-state index contributed by atoms with van der Waals surface area (Å²) in [6, 6.07) is 22.9. The molecule has 2 aliphatic carbocycles. The van der Waals surface area contributed by atoms with Crippen molar-refractivity contribution in [1.82, 2.24) is 69.1 Å². The second kappa shape index (κ2) is 23.8. The molecule has 420 valence electrons. The van der Waals surface area contributed by atoms with Gasteiger partial charge in [-0.1, -0.05) is 36.4 Å². The minimum atomic E-state index is -0.253. The number of likely N-dealkylation sites (N-methyl/N-ethyl adjacent to an activating group) is 2. The van der Waals surface area contributed by atoms with E-state index in [0.717, 1.165) is 48.2 Å². The molecular weight excluding hydrogens is 1040 g/mol. The lowest BCUT2D eigenvalue weighted by Gasteiger charge is -2.16. The van der Waals surface area contributed by atoms with Gasteiger partial charge in [0.05, 0.1) is 22.9 Å². The van der Waals surface area contributed by atoms with Crippen molar-refractivity contribution >= 4 is 69.0 Å². The van der Waals surface area contributed by atoms with E-state index < -0.39 is 0 Å². The Morgan fingerprint density at radius 2 is 0.963 bits per heavy atom. The number of nitrogens with two attached hydrogens (primary N) is 2. The van der Waals surface area contributed by atoms with Crippen molar-refractivity contribution in [2.45, 2.75) is 76.5 Å². The first-order valence-corrected chi connectivity index (χ1v) is 27.7. The van der Waals surface area contributed by atoms with Crippen molar-refractivity contribution < 1.29 is 19.2 Å². The third-order valence-electron chi connectivity index (χ3n) is 15.5. The van der Waals surface area contributed by atoms with Crippen LogP contribution in [0.5, 0.6) is 0 Å². The molecule has 82 heavy (non-hydrogen) atoms. The fraction of sp³-hybridized carbons (Fsp3) is 0.333. The molecule has 0 bridgehead atoms. The summed E-state index contributed by atoms with van der Waals surface area (Å²) in [5.41, 5.74) is 19.7. The topological polar surface area (TPSA) is 270 Å². The second-order valence-corrected chi connectivity index (χ2v) is 21.6. The third kappa shape index (κ3) is 12.4. The van der Waals surface area contributed by atoms with Crippen LogP contribution in [0.4, 0.5) is 23.3 Å². The number of nitrogens with zero attached hydrogens (tertiary/aromatic N) is 14. The highest BCUT2D eigenvalue weighted by Crippen LogP contribution is 2.36. The fourth-order valence-corrected chi connectivity index (χ4v) is 10.5. The molecule has 6 aromatic heterocycles. The molecule has 4 aliphatic rings. The van der Waals surface area contributed by atoms with Crippen molar-refractivity contribution in [1.29, 1.82) is 0 Å². The van der Waals surface area contributed by atoms with E-state index in [0.29, 0.717) is 106 Å². The Kier molecular flexibility index (Phi) is 15.9. The summed E-state index contributed by atoms with van der Waals surface area (Å²) in [7, 11) is 4.19. The van der Waals surface area contributed by atoms with Crippen molar-refractivity contribution in [2.75, 3.05) is 75.5 Å². The Morgan fingerprint density at radius 1 is 0.561 bits per heavy atom. The number of carbonyl (C=O) groups is 4. The molecule has 0 radical (unpaired) electrons. The van der Waals surface area contributed by atoms with Gasteiger partial charge in [-0.05, 0) is 126 Å². The normalized spacial score (nSPS) is 17.1. The zero-order valence-electron chi connectivity index (χ0n) is 46.4. The number of hydrogen-bond acceptors (Lipinski definition) is 16. The number of nitrogens with one attached hydrogen (secondary N) is 2. The van der Waals surface area contributed by atoms with E-state index in [-0.39, 0.29) is 35.7 Å². The summed E-state index contributed by atoms with van der Waals surface area (Å²) in [4.78, 5) is 85.4. The predicted octanol–water partition coefficient (Wildman–Crippen LogP) is 6.91. The highest BCUT2D eigenvalue weighted by Gasteiger charge is 2.33. The van der Waals surface area contributed by atoms with Gasteiger partial charge >= 0.3 is 0 Å². The number of rotatable bonds is 16. The summed E-state index contributed by atoms with van der Waals surface area (Å²) >= 11 is 0. The lowest BCUT2D eigenvalue weighted by molar-refractivity contribution is -0.125. The summed E-state index contributed by atoms with van der Waals surface area (Å²) in [5.74, 6) is 1.18. The monoisotopic (exact) mass is 1100 g/mol. The second-order valence-electron chi connectivity index (χ2n) is 21.6. The van der Waals surface area contributed by atoms with Crippen molar-refractivity contribution in [3.63, 3.8) is 0 Å². The van der Waals surface area contributed by atoms with Gasteiger partial charge in [0.25, 0.3) is 11.8 Å². The molecule has 6 N–H and O–H groups in total. The zero-order chi connectivity index (χ0) is 57.0. The number of hydrogen-bond donors (Lipinski definition) is 4. The smallest absolute Gasteiger partial charge is 0.256 e. The minimum Gasteiger partial charge on any atom is -0.383 e. The van der Waals surface area contributed by atoms with Gasteiger partial charge < -0.3 is 31.9 Å². The van der Waals surface area contributed by atoms with Crippen molar-refractivity contribution in [3.8, 4) is 22.5 Å². The van der Waals surface area contributed by atoms with E-state index in [2.05, 4.69) is 64.4 Å². The van der Waals surface area contributed by atoms with Crippen LogP contribution in [0.25, 0.3) is 44.6 Å². The first-order chi connectivity index (χ1) is 39.7. The van der Waals surface area contributed by atoms with E-state index in [9.17, 15) is 19.2 Å². The molecule has 2 atom stereocenters. The molecule has 0 spiro atoms. The van der Waals surface area contributed by atoms with E-state index >= 15 is 0 Å². The average Bonchev–Trinajstić information content (AvgIpc) is 4.51. The lowest BCUT2D eigenvalue weighted by Crippen LogP contribution is -2.28. The largest absolute Gasteiger partial charge is 0.383 e. The number of aromatic nitrogens is 10. The molecule has 4 amide bonds. The van der Waals surface area contributed by atoms with Gasteiger partial charge in [0.1, 0.15) is 47.3 Å². The Labute approximate surface area is 474 Å². The maximum atomic E-state index is 12.9. The summed E-state index contributed by atoms with van der Waals surface area (Å²) < 4.78 is 3.73. The quantitative estimate of drug-likeness (QED) is 0.0716. The molecule has 12 rings (SSSR count). The van der Waals surface area contributed by atoms with Gasteiger partial charge in [0.2, 0.25) is 11.8 Å². The Balaban J connectivity index is 0.000000172. The molecule has 4 fully saturated rings. The van der Waals surface area contributed by atoms with Crippen LogP contribution in [0.1, 0.15) is 82.5 Å². The number of likely N-dealkylation sites (tertiary alicyclic amines) is 2. The summed E-state index contributed by atoms with van der Waals surface area (Å²) in [5, 5.41) is 16.8. The number of amides is 4. The minimum absolute atomic E-state index is 0.0113. The van der Waals surface area contributed by atoms with Gasteiger partial charge in [-0.3, -0.25) is 29.0 Å². The standard InChI is InChI=1S/2C30H33N9O2/c2*1-19-11-13-32-24(16-19)35-30(41)21-7-5-20(6-8-21)27-26-28(31)33-18-34-29(26)39(36-27)23-12-15-38(17-23)25(40)4-3-14-37(2)22-9-10-22/h2*3-8,11,13,16,18,22-23H,9-10,12,14-15,17H2,1-2H3,(H2,31,33,34)(H,32,35,41)/b2*4-3+/t2*23-/m11/s1. The average molecular weight is 1100 g/mol. The van der Waals surface area contributed by atoms with Gasteiger partial charge in [-0.15, -0.1) is 0 Å². The van der Waals surface area contributed by atoms with Gasteiger partial charge in [0.15, 0.2) is 11.3 Å². The number of pyridine rings is 2. The number of nitrogen functional groups attached to an aromatic ring is 2. The van der Waals surface area contributed by atoms with Crippen LogP contribution in [0, 0.1) is 13.8 Å².